The Morgan fingerprint density at radius 1 is 1.26 bits per heavy atom. The molecule has 0 fully saturated rings. The van der Waals surface area contributed by atoms with Crippen LogP contribution in [0.3, 0.4) is 0 Å². The number of benzene rings is 1. The molecule has 0 aliphatic carbocycles. The van der Waals surface area contributed by atoms with Gasteiger partial charge in [0.25, 0.3) is 0 Å². The fraction of sp³-hybridized carbons (Fsp3) is 0.562. The van der Waals surface area contributed by atoms with Crippen molar-refractivity contribution in [2.45, 2.75) is 34.1 Å². The standard InChI is InChI=1S/C16H24N2O/c1-12-9-15(19-5)13(2)8-14(12)6-7-18-11-16(3,4)10-17/h8-9,18H,6-7,11H2,1-5H3. The van der Waals surface area contributed by atoms with Crippen LogP contribution in [-0.4, -0.2) is 20.2 Å². The van der Waals surface area contributed by atoms with E-state index in [-0.39, 0.29) is 5.41 Å². The molecule has 0 aliphatic rings. The third kappa shape index (κ3) is 4.57. The van der Waals surface area contributed by atoms with Gasteiger partial charge in [-0.3, -0.25) is 0 Å². The molecule has 19 heavy (non-hydrogen) atoms. The Morgan fingerprint density at radius 2 is 1.95 bits per heavy atom. The monoisotopic (exact) mass is 260 g/mol. The lowest BCUT2D eigenvalue weighted by atomic mass is 9.96. The Balaban J connectivity index is 2.55. The molecular formula is C16H24N2O. The van der Waals surface area contributed by atoms with Crippen molar-refractivity contribution in [3.8, 4) is 11.8 Å². The number of hydrogen-bond acceptors (Lipinski definition) is 3. The second-order valence-electron chi connectivity index (χ2n) is 5.67. The molecular weight excluding hydrogens is 236 g/mol. The number of aryl methyl sites for hydroxylation is 2. The van der Waals surface area contributed by atoms with E-state index in [1.165, 1.54) is 16.7 Å². The van der Waals surface area contributed by atoms with Crippen LogP contribution in [0.5, 0.6) is 5.75 Å². The van der Waals surface area contributed by atoms with Gasteiger partial charge in [0, 0.05) is 6.54 Å². The van der Waals surface area contributed by atoms with Gasteiger partial charge in [-0.1, -0.05) is 6.07 Å². The van der Waals surface area contributed by atoms with Gasteiger partial charge < -0.3 is 10.1 Å². The highest BCUT2D eigenvalue weighted by Gasteiger charge is 2.15. The number of nitriles is 1. The molecule has 0 amide bonds. The summed E-state index contributed by atoms with van der Waals surface area (Å²) in [4.78, 5) is 0. The fourth-order valence-electron chi connectivity index (χ4n) is 2.00. The van der Waals surface area contributed by atoms with Crippen LogP contribution in [0.4, 0.5) is 0 Å². The minimum absolute atomic E-state index is 0.301. The van der Waals surface area contributed by atoms with E-state index in [1.54, 1.807) is 7.11 Å². The maximum absolute atomic E-state index is 8.94. The lowest BCUT2D eigenvalue weighted by Crippen LogP contribution is -2.29. The summed E-state index contributed by atoms with van der Waals surface area (Å²) in [5, 5.41) is 12.3. The first-order chi connectivity index (χ1) is 8.89. The lowest BCUT2D eigenvalue weighted by Gasteiger charge is -2.16. The molecule has 0 spiro atoms. The van der Waals surface area contributed by atoms with Crippen molar-refractivity contribution >= 4 is 0 Å². The third-order valence-electron chi connectivity index (χ3n) is 3.29. The molecule has 0 unspecified atom stereocenters. The minimum atomic E-state index is -0.301. The van der Waals surface area contributed by atoms with Crippen LogP contribution in [0.1, 0.15) is 30.5 Å². The van der Waals surface area contributed by atoms with E-state index in [0.29, 0.717) is 0 Å². The summed E-state index contributed by atoms with van der Waals surface area (Å²) in [7, 11) is 1.70. The van der Waals surface area contributed by atoms with Gasteiger partial charge in [0.2, 0.25) is 0 Å². The van der Waals surface area contributed by atoms with E-state index in [9.17, 15) is 0 Å². The topological polar surface area (TPSA) is 45.0 Å². The van der Waals surface area contributed by atoms with Gasteiger partial charge in [-0.05, 0) is 63.4 Å². The second-order valence-corrected chi connectivity index (χ2v) is 5.67. The quantitative estimate of drug-likeness (QED) is 0.800. The number of hydrogen-bond donors (Lipinski definition) is 1. The maximum atomic E-state index is 8.94. The zero-order chi connectivity index (χ0) is 14.5. The lowest BCUT2D eigenvalue weighted by molar-refractivity contribution is 0.411. The molecule has 0 saturated carbocycles. The first kappa shape index (κ1) is 15.5. The third-order valence-corrected chi connectivity index (χ3v) is 3.29. The van der Waals surface area contributed by atoms with Gasteiger partial charge in [-0.25, -0.2) is 0 Å². The van der Waals surface area contributed by atoms with Gasteiger partial charge in [0.15, 0.2) is 0 Å². The zero-order valence-electron chi connectivity index (χ0n) is 12.6. The first-order valence-corrected chi connectivity index (χ1v) is 6.65. The summed E-state index contributed by atoms with van der Waals surface area (Å²) in [5.41, 5.74) is 3.45. The van der Waals surface area contributed by atoms with Gasteiger partial charge >= 0.3 is 0 Å². The molecule has 3 heteroatoms. The molecule has 1 aromatic rings. The Hall–Kier alpha value is -1.53. The van der Waals surface area contributed by atoms with Crippen LogP contribution >= 0.6 is 0 Å². The molecule has 0 radical (unpaired) electrons. The molecule has 1 rings (SSSR count). The van der Waals surface area contributed by atoms with Crippen molar-refractivity contribution in [3.05, 3.63) is 28.8 Å². The number of nitrogens with zero attached hydrogens (tertiary/aromatic N) is 1. The Morgan fingerprint density at radius 3 is 2.53 bits per heavy atom. The van der Waals surface area contributed by atoms with Gasteiger partial charge in [0.1, 0.15) is 5.75 Å². The summed E-state index contributed by atoms with van der Waals surface area (Å²) in [6.45, 7) is 9.67. The number of nitrogens with one attached hydrogen (secondary N) is 1. The van der Waals surface area contributed by atoms with Crippen LogP contribution in [0.15, 0.2) is 12.1 Å². The Kier molecular flexibility index (Phi) is 5.38. The van der Waals surface area contributed by atoms with E-state index in [0.717, 1.165) is 25.3 Å². The molecule has 3 nitrogen and oxygen atoms in total. The van der Waals surface area contributed by atoms with Crippen molar-refractivity contribution in [3.63, 3.8) is 0 Å². The van der Waals surface area contributed by atoms with Crippen molar-refractivity contribution in [1.29, 1.82) is 5.26 Å². The van der Waals surface area contributed by atoms with Crippen LogP contribution in [-0.2, 0) is 6.42 Å². The summed E-state index contributed by atoms with van der Waals surface area (Å²) in [6.07, 6.45) is 0.970. The number of methoxy groups -OCH3 is 1. The highest BCUT2D eigenvalue weighted by molar-refractivity contribution is 5.41. The van der Waals surface area contributed by atoms with E-state index in [1.807, 2.05) is 13.8 Å². The SMILES string of the molecule is COc1cc(C)c(CCNCC(C)(C)C#N)cc1C. The molecule has 104 valence electrons. The van der Waals surface area contributed by atoms with Crippen molar-refractivity contribution in [1.82, 2.24) is 5.32 Å². The minimum Gasteiger partial charge on any atom is -0.496 e. The summed E-state index contributed by atoms with van der Waals surface area (Å²) in [6, 6.07) is 6.57. The molecule has 0 aliphatic heterocycles. The van der Waals surface area contributed by atoms with E-state index >= 15 is 0 Å². The molecule has 0 saturated heterocycles. The number of ether oxygens (including phenoxy) is 1. The molecule has 0 atom stereocenters. The zero-order valence-corrected chi connectivity index (χ0v) is 12.6. The molecule has 0 heterocycles. The molecule has 0 bridgehead atoms. The van der Waals surface area contributed by atoms with Gasteiger partial charge in [-0.15, -0.1) is 0 Å². The smallest absolute Gasteiger partial charge is 0.122 e. The van der Waals surface area contributed by atoms with E-state index in [2.05, 4.69) is 37.4 Å². The van der Waals surface area contributed by atoms with Gasteiger partial charge in [0.05, 0.1) is 18.6 Å². The summed E-state index contributed by atoms with van der Waals surface area (Å²) < 4.78 is 5.31. The number of rotatable bonds is 6. The summed E-state index contributed by atoms with van der Waals surface area (Å²) in [5.74, 6) is 0.944. The molecule has 0 aromatic heterocycles. The summed E-state index contributed by atoms with van der Waals surface area (Å²) >= 11 is 0. The average Bonchev–Trinajstić information content (AvgIpc) is 2.38. The molecule has 1 N–H and O–H groups in total. The van der Waals surface area contributed by atoms with Gasteiger partial charge in [-0.2, -0.15) is 5.26 Å². The Labute approximate surface area is 116 Å². The highest BCUT2D eigenvalue weighted by atomic mass is 16.5. The van der Waals surface area contributed by atoms with Crippen LogP contribution in [0.25, 0.3) is 0 Å². The van der Waals surface area contributed by atoms with Crippen LogP contribution < -0.4 is 10.1 Å². The largest absolute Gasteiger partial charge is 0.496 e. The maximum Gasteiger partial charge on any atom is 0.122 e. The van der Waals surface area contributed by atoms with Crippen molar-refractivity contribution in [2.24, 2.45) is 5.41 Å². The van der Waals surface area contributed by atoms with Crippen LogP contribution in [0.2, 0.25) is 0 Å². The predicted molar refractivity (Wildman–Crippen MR) is 78.4 cm³/mol. The van der Waals surface area contributed by atoms with E-state index < -0.39 is 0 Å². The van der Waals surface area contributed by atoms with Crippen molar-refractivity contribution in [2.75, 3.05) is 20.2 Å². The highest BCUT2D eigenvalue weighted by Crippen LogP contribution is 2.22. The van der Waals surface area contributed by atoms with E-state index in [4.69, 9.17) is 10.00 Å². The predicted octanol–water partition coefficient (Wildman–Crippen LogP) is 2.99. The fourth-order valence-corrected chi connectivity index (χ4v) is 2.00. The first-order valence-electron chi connectivity index (χ1n) is 6.65. The average molecular weight is 260 g/mol. The Bertz CT molecular complexity index is 472. The van der Waals surface area contributed by atoms with Crippen LogP contribution in [0, 0.1) is 30.6 Å². The molecule has 1 aromatic carbocycles. The normalized spacial score (nSPS) is 11.2. The van der Waals surface area contributed by atoms with Crippen molar-refractivity contribution < 1.29 is 4.74 Å². The second kappa shape index (κ2) is 6.58.